The summed E-state index contributed by atoms with van der Waals surface area (Å²) in [5.74, 6) is 0.325. The van der Waals surface area contributed by atoms with E-state index in [-0.39, 0.29) is 17.8 Å². The van der Waals surface area contributed by atoms with Crippen molar-refractivity contribution in [1.29, 1.82) is 5.41 Å². The molecule has 0 bridgehead atoms. The first-order valence-electron chi connectivity index (χ1n) is 10.4. The third-order valence-corrected chi connectivity index (χ3v) is 5.45. The van der Waals surface area contributed by atoms with E-state index in [9.17, 15) is 9.18 Å². The van der Waals surface area contributed by atoms with Gasteiger partial charge in [-0.25, -0.2) is 4.39 Å². The van der Waals surface area contributed by atoms with E-state index in [1.54, 1.807) is 24.4 Å². The molecule has 1 saturated carbocycles. The topological polar surface area (TPSA) is 77.9 Å². The van der Waals surface area contributed by atoms with Gasteiger partial charge in [0, 0.05) is 17.5 Å². The largest absolute Gasteiger partial charge is 0.354 e. The Bertz CT molecular complexity index is 1080. The van der Waals surface area contributed by atoms with Gasteiger partial charge in [0.15, 0.2) is 0 Å². The van der Waals surface area contributed by atoms with Gasteiger partial charge < -0.3 is 16.0 Å². The summed E-state index contributed by atoms with van der Waals surface area (Å²) < 4.78 is 13.1. The van der Waals surface area contributed by atoms with Crippen molar-refractivity contribution in [2.75, 3.05) is 5.32 Å². The van der Waals surface area contributed by atoms with Crippen LogP contribution in [0.2, 0.25) is 0 Å². The number of nitrogens with zero attached hydrogens (tertiary/aromatic N) is 1. The van der Waals surface area contributed by atoms with Crippen molar-refractivity contribution < 1.29 is 9.18 Å². The zero-order valence-corrected chi connectivity index (χ0v) is 17.4. The Morgan fingerprint density at radius 1 is 1.19 bits per heavy atom. The molecule has 5 nitrogen and oxygen atoms in total. The van der Waals surface area contributed by atoms with Crippen LogP contribution in [0.5, 0.6) is 0 Å². The number of hydrogen-bond donors (Lipinski definition) is 3. The van der Waals surface area contributed by atoms with Gasteiger partial charge in [0.25, 0.3) is 0 Å². The molecule has 3 N–H and O–H groups in total. The number of nitrogens with one attached hydrogen (secondary N) is 3. The van der Waals surface area contributed by atoms with Crippen molar-refractivity contribution in [3.05, 3.63) is 89.0 Å². The van der Waals surface area contributed by atoms with Crippen LogP contribution in [-0.4, -0.2) is 17.1 Å². The molecule has 1 atom stereocenters. The van der Waals surface area contributed by atoms with Gasteiger partial charge in [-0.15, -0.1) is 0 Å². The van der Waals surface area contributed by atoms with Crippen LogP contribution in [0.3, 0.4) is 0 Å². The van der Waals surface area contributed by atoms with Crippen molar-refractivity contribution in [3.8, 4) is 0 Å². The maximum atomic E-state index is 13.1. The lowest BCUT2D eigenvalue weighted by Gasteiger charge is -2.16. The fourth-order valence-corrected chi connectivity index (χ4v) is 3.51. The predicted molar refractivity (Wildman–Crippen MR) is 120 cm³/mol. The molecule has 2 aromatic carbocycles. The molecule has 1 unspecified atom stereocenters. The highest BCUT2D eigenvalue weighted by molar-refractivity contribution is 5.87. The van der Waals surface area contributed by atoms with E-state index in [0.717, 1.165) is 5.56 Å². The summed E-state index contributed by atoms with van der Waals surface area (Å²) in [6.45, 7) is 1.87. The van der Waals surface area contributed by atoms with Crippen LogP contribution in [0.25, 0.3) is 0 Å². The van der Waals surface area contributed by atoms with E-state index < -0.39 is 0 Å². The average Bonchev–Trinajstić information content (AvgIpc) is 3.61. The van der Waals surface area contributed by atoms with Crippen LogP contribution in [0.1, 0.15) is 54.1 Å². The third kappa shape index (κ3) is 5.34. The summed E-state index contributed by atoms with van der Waals surface area (Å²) in [4.78, 5) is 16.9. The predicted octanol–water partition coefficient (Wildman–Crippen LogP) is 5.26. The lowest BCUT2D eigenvalue weighted by molar-refractivity contribution is -0.121. The van der Waals surface area contributed by atoms with E-state index in [2.05, 4.69) is 27.8 Å². The number of carbonyl (C=O) groups is 1. The highest BCUT2D eigenvalue weighted by Gasteiger charge is 2.23. The highest BCUT2D eigenvalue weighted by atomic mass is 19.1. The monoisotopic (exact) mass is 416 g/mol. The number of anilines is 2. The zero-order chi connectivity index (χ0) is 21.8. The average molecular weight is 416 g/mol. The molecule has 1 aliphatic rings. The van der Waals surface area contributed by atoms with Crippen molar-refractivity contribution in [1.82, 2.24) is 10.3 Å². The molecular formula is C25H25FN4O. The Morgan fingerprint density at radius 2 is 1.90 bits per heavy atom. The Hall–Kier alpha value is -3.54. The molecule has 0 spiro atoms. The molecule has 3 aromatic rings. The molecule has 1 aromatic heterocycles. The van der Waals surface area contributed by atoms with Gasteiger partial charge in [-0.05, 0) is 67.1 Å². The van der Waals surface area contributed by atoms with Gasteiger partial charge in [0.2, 0.25) is 5.91 Å². The Labute approximate surface area is 181 Å². The molecule has 158 valence electrons. The van der Waals surface area contributed by atoms with E-state index in [1.165, 1.54) is 36.8 Å². The summed E-state index contributed by atoms with van der Waals surface area (Å²) in [6.07, 6.45) is 5.70. The minimum absolute atomic E-state index is 0.0709. The molecule has 1 aliphatic carbocycles. The molecule has 1 amide bonds. The van der Waals surface area contributed by atoms with Crippen molar-refractivity contribution in [2.45, 2.75) is 38.1 Å². The summed E-state index contributed by atoms with van der Waals surface area (Å²) in [5.41, 5.74) is 4.98. The minimum Gasteiger partial charge on any atom is -0.354 e. The lowest BCUT2D eigenvalue weighted by Crippen LogP contribution is -2.28. The van der Waals surface area contributed by atoms with Gasteiger partial charge in [-0.3, -0.25) is 9.78 Å². The first-order valence-corrected chi connectivity index (χ1v) is 10.4. The number of amides is 1. The van der Waals surface area contributed by atoms with E-state index in [4.69, 9.17) is 5.41 Å². The van der Waals surface area contributed by atoms with Crippen LogP contribution >= 0.6 is 0 Å². The van der Waals surface area contributed by atoms with Crippen molar-refractivity contribution in [2.24, 2.45) is 0 Å². The first-order chi connectivity index (χ1) is 15.0. The van der Waals surface area contributed by atoms with Crippen LogP contribution in [0.4, 0.5) is 15.8 Å². The van der Waals surface area contributed by atoms with Crippen LogP contribution in [0.15, 0.2) is 60.8 Å². The quantitative estimate of drug-likeness (QED) is 0.438. The second-order valence-electron chi connectivity index (χ2n) is 7.95. The second-order valence-corrected chi connectivity index (χ2v) is 7.95. The zero-order valence-electron chi connectivity index (χ0n) is 17.4. The van der Waals surface area contributed by atoms with Gasteiger partial charge >= 0.3 is 0 Å². The molecule has 6 heteroatoms. The fraction of sp³-hybridized carbons (Fsp3) is 0.240. The normalized spacial score (nSPS) is 14.0. The Balaban J connectivity index is 1.38. The van der Waals surface area contributed by atoms with Crippen LogP contribution in [-0.2, 0) is 11.2 Å². The minimum atomic E-state index is -0.310. The molecule has 1 heterocycles. The Morgan fingerprint density at radius 3 is 2.55 bits per heavy atom. The maximum Gasteiger partial charge on any atom is 0.224 e. The summed E-state index contributed by atoms with van der Waals surface area (Å²) >= 11 is 0. The van der Waals surface area contributed by atoms with E-state index >= 15 is 0 Å². The fourth-order valence-electron chi connectivity index (χ4n) is 3.51. The van der Waals surface area contributed by atoms with E-state index in [0.29, 0.717) is 35.0 Å². The smallest absolute Gasteiger partial charge is 0.224 e. The first kappa shape index (κ1) is 20.7. The van der Waals surface area contributed by atoms with Crippen molar-refractivity contribution in [3.63, 3.8) is 0 Å². The lowest BCUT2D eigenvalue weighted by atomic mass is 10.1. The maximum absolute atomic E-state index is 13.1. The number of pyridine rings is 1. The highest BCUT2D eigenvalue weighted by Crippen LogP contribution is 2.39. The molecule has 1 fully saturated rings. The number of carbonyl (C=O) groups excluding carboxylic acids is 1. The SMILES string of the molecule is CC(NC(=O)Cc1ccc(C2CC2)cc1)c1cc(C=N)c(Nc2ccc(F)cc2)cn1. The van der Waals surface area contributed by atoms with Gasteiger partial charge in [0.05, 0.1) is 30.0 Å². The van der Waals surface area contributed by atoms with E-state index in [1.807, 2.05) is 19.1 Å². The van der Waals surface area contributed by atoms with Crippen molar-refractivity contribution >= 4 is 23.5 Å². The molecule has 0 aliphatic heterocycles. The van der Waals surface area contributed by atoms with Crippen LogP contribution < -0.4 is 10.6 Å². The molecule has 0 radical (unpaired) electrons. The van der Waals surface area contributed by atoms with Gasteiger partial charge in [0.1, 0.15) is 5.82 Å². The standard InChI is InChI=1S/C25H25FN4O/c1-16(29-25(31)12-17-2-4-18(5-3-17)19-6-7-19)23-13-20(14-27)24(15-28-23)30-22-10-8-21(26)9-11-22/h2-5,8-11,13-16,19,27,30H,6-7,12H2,1H3,(H,29,31). The number of aromatic nitrogens is 1. The summed E-state index contributed by atoms with van der Waals surface area (Å²) in [6, 6.07) is 15.7. The number of rotatable bonds is 8. The van der Waals surface area contributed by atoms with Gasteiger partial charge in [-0.1, -0.05) is 24.3 Å². The number of benzene rings is 2. The Kier molecular flexibility index (Phi) is 6.07. The molecular weight excluding hydrogens is 391 g/mol. The molecule has 0 saturated heterocycles. The van der Waals surface area contributed by atoms with Crippen LogP contribution in [0, 0.1) is 11.2 Å². The summed E-state index contributed by atoms with van der Waals surface area (Å²) in [7, 11) is 0. The molecule has 31 heavy (non-hydrogen) atoms. The third-order valence-electron chi connectivity index (χ3n) is 5.45. The molecule has 4 rings (SSSR count). The van der Waals surface area contributed by atoms with Gasteiger partial charge in [-0.2, -0.15) is 0 Å². The number of hydrogen-bond acceptors (Lipinski definition) is 4. The second kappa shape index (κ2) is 9.08. The number of halogens is 1. The summed E-state index contributed by atoms with van der Waals surface area (Å²) in [5, 5.41) is 13.8.